The van der Waals surface area contributed by atoms with E-state index in [1.807, 2.05) is 48.5 Å². The van der Waals surface area contributed by atoms with Gasteiger partial charge in [0.05, 0.1) is 5.52 Å². The monoisotopic (exact) mass is 233 g/mol. The molecule has 0 atom stereocenters. The highest BCUT2D eigenvalue weighted by atomic mass is 16.1. The van der Waals surface area contributed by atoms with Crippen LogP contribution in [0.3, 0.4) is 0 Å². The van der Waals surface area contributed by atoms with Crippen LogP contribution in [0.2, 0.25) is 0 Å². The minimum Gasteiger partial charge on any atom is -0.298 e. The zero-order valence-electron chi connectivity index (χ0n) is 9.71. The molecule has 2 heteroatoms. The maximum Gasteiger partial charge on any atom is 0.150 e. The second-order valence-corrected chi connectivity index (χ2v) is 4.15. The first kappa shape index (κ1) is 10.7. The van der Waals surface area contributed by atoms with Crippen molar-refractivity contribution in [3.63, 3.8) is 0 Å². The number of aromatic nitrogens is 1. The normalized spacial score (nSPS) is 10.4. The summed E-state index contributed by atoms with van der Waals surface area (Å²) in [4.78, 5) is 14.9. The molecule has 2 aromatic carbocycles. The van der Waals surface area contributed by atoms with Crippen molar-refractivity contribution in [2.75, 3.05) is 0 Å². The van der Waals surface area contributed by atoms with E-state index in [4.69, 9.17) is 0 Å². The first-order chi connectivity index (χ1) is 8.86. The van der Waals surface area contributed by atoms with Gasteiger partial charge in [0, 0.05) is 17.1 Å². The highest BCUT2D eigenvalue weighted by molar-refractivity contribution is 5.85. The largest absolute Gasteiger partial charge is 0.298 e. The summed E-state index contributed by atoms with van der Waals surface area (Å²) in [5, 5.41) is 1.12. The minimum absolute atomic E-state index is 0.696. The predicted molar refractivity (Wildman–Crippen MR) is 72.6 cm³/mol. The fourth-order valence-corrected chi connectivity index (χ4v) is 2.01. The van der Waals surface area contributed by atoms with Crippen LogP contribution in [0.25, 0.3) is 22.0 Å². The number of rotatable bonds is 2. The third kappa shape index (κ3) is 1.89. The van der Waals surface area contributed by atoms with Crippen LogP contribution in [-0.4, -0.2) is 11.3 Å². The molecular weight excluding hydrogens is 222 g/mol. The maximum atomic E-state index is 10.6. The van der Waals surface area contributed by atoms with Crippen LogP contribution in [0.4, 0.5) is 0 Å². The standard InChI is InChI=1S/C16H11NO/c18-11-12-3-5-13(6-4-12)14-7-8-16-15(10-14)2-1-9-17-16/h1-11H. The van der Waals surface area contributed by atoms with E-state index in [2.05, 4.69) is 11.1 Å². The van der Waals surface area contributed by atoms with Gasteiger partial charge in [-0.3, -0.25) is 9.78 Å². The average molecular weight is 233 g/mol. The SMILES string of the molecule is O=Cc1ccc(-c2ccc3ncccc3c2)cc1. The van der Waals surface area contributed by atoms with E-state index < -0.39 is 0 Å². The lowest BCUT2D eigenvalue weighted by Crippen LogP contribution is -1.83. The van der Waals surface area contributed by atoms with Gasteiger partial charge in [-0.1, -0.05) is 36.4 Å². The Morgan fingerprint density at radius 1 is 0.889 bits per heavy atom. The van der Waals surface area contributed by atoms with Crippen LogP contribution in [0.15, 0.2) is 60.8 Å². The molecule has 18 heavy (non-hydrogen) atoms. The third-order valence-corrected chi connectivity index (χ3v) is 2.98. The van der Waals surface area contributed by atoms with Crippen LogP contribution in [0, 0.1) is 0 Å². The van der Waals surface area contributed by atoms with Gasteiger partial charge in [0.15, 0.2) is 0 Å². The molecule has 0 spiro atoms. The molecule has 86 valence electrons. The van der Waals surface area contributed by atoms with Gasteiger partial charge in [0.1, 0.15) is 6.29 Å². The summed E-state index contributed by atoms with van der Waals surface area (Å²) in [6.07, 6.45) is 2.65. The summed E-state index contributed by atoms with van der Waals surface area (Å²) >= 11 is 0. The molecule has 0 aliphatic rings. The van der Waals surface area contributed by atoms with Crippen molar-refractivity contribution in [3.05, 3.63) is 66.4 Å². The van der Waals surface area contributed by atoms with Crippen molar-refractivity contribution in [3.8, 4) is 11.1 Å². The Morgan fingerprint density at radius 2 is 1.67 bits per heavy atom. The van der Waals surface area contributed by atoms with E-state index in [0.717, 1.165) is 28.3 Å². The van der Waals surface area contributed by atoms with E-state index in [1.165, 1.54) is 0 Å². The smallest absolute Gasteiger partial charge is 0.150 e. The molecule has 0 bridgehead atoms. The molecule has 0 radical (unpaired) electrons. The van der Waals surface area contributed by atoms with Gasteiger partial charge in [0.25, 0.3) is 0 Å². The van der Waals surface area contributed by atoms with Crippen molar-refractivity contribution >= 4 is 17.2 Å². The fraction of sp³-hybridized carbons (Fsp3) is 0. The van der Waals surface area contributed by atoms with Gasteiger partial charge in [-0.25, -0.2) is 0 Å². The quantitative estimate of drug-likeness (QED) is 0.631. The molecule has 0 amide bonds. The second kappa shape index (κ2) is 4.41. The Bertz CT molecular complexity index is 702. The van der Waals surface area contributed by atoms with Crippen molar-refractivity contribution in [1.29, 1.82) is 0 Å². The third-order valence-electron chi connectivity index (χ3n) is 2.98. The number of aldehydes is 1. The molecule has 0 aliphatic heterocycles. The molecule has 3 rings (SSSR count). The van der Waals surface area contributed by atoms with Gasteiger partial charge < -0.3 is 0 Å². The number of benzene rings is 2. The number of carbonyl (C=O) groups is 1. The Balaban J connectivity index is 2.10. The Morgan fingerprint density at radius 3 is 2.44 bits per heavy atom. The van der Waals surface area contributed by atoms with Gasteiger partial charge >= 0.3 is 0 Å². The molecule has 3 aromatic rings. The van der Waals surface area contributed by atoms with Crippen LogP contribution in [0.1, 0.15) is 10.4 Å². The molecule has 0 unspecified atom stereocenters. The topological polar surface area (TPSA) is 30.0 Å². The molecule has 0 saturated carbocycles. The van der Waals surface area contributed by atoms with E-state index in [0.29, 0.717) is 5.56 Å². The lowest BCUT2D eigenvalue weighted by Gasteiger charge is -2.03. The highest BCUT2D eigenvalue weighted by Gasteiger charge is 2.00. The molecule has 0 saturated heterocycles. The molecule has 0 N–H and O–H groups in total. The summed E-state index contributed by atoms with van der Waals surface area (Å²) in [6, 6.07) is 17.7. The number of hydrogen-bond acceptors (Lipinski definition) is 2. The number of carbonyl (C=O) groups excluding carboxylic acids is 1. The number of pyridine rings is 1. The highest BCUT2D eigenvalue weighted by Crippen LogP contribution is 2.23. The van der Waals surface area contributed by atoms with Crippen LogP contribution in [-0.2, 0) is 0 Å². The van der Waals surface area contributed by atoms with Gasteiger partial charge in [-0.15, -0.1) is 0 Å². The van der Waals surface area contributed by atoms with Gasteiger partial charge in [-0.2, -0.15) is 0 Å². The molecule has 0 aliphatic carbocycles. The van der Waals surface area contributed by atoms with Gasteiger partial charge in [-0.05, 0) is 29.3 Å². The summed E-state index contributed by atoms with van der Waals surface area (Å²) in [5.41, 5.74) is 3.92. The lowest BCUT2D eigenvalue weighted by molar-refractivity contribution is 0.112. The van der Waals surface area contributed by atoms with E-state index >= 15 is 0 Å². The molecular formula is C16H11NO. The van der Waals surface area contributed by atoms with E-state index in [9.17, 15) is 4.79 Å². The first-order valence-corrected chi connectivity index (χ1v) is 5.77. The Hall–Kier alpha value is -2.48. The van der Waals surface area contributed by atoms with E-state index in [1.54, 1.807) is 6.20 Å². The van der Waals surface area contributed by atoms with Crippen molar-refractivity contribution in [2.45, 2.75) is 0 Å². The number of nitrogens with zero attached hydrogens (tertiary/aromatic N) is 1. The van der Waals surface area contributed by atoms with Crippen molar-refractivity contribution < 1.29 is 4.79 Å². The zero-order chi connectivity index (χ0) is 12.4. The molecule has 1 aromatic heterocycles. The van der Waals surface area contributed by atoms with Crippen molar-refractivity contribution in [2.24, 2.45) is 0 Å². The maximum absolute atomic E-state index is 10.6. The average Bonchev–Trinajstić information content (AvgIpc) is 2.47. The van der Waals surface area contributed by atoms with Crippen LogP contribution in [0.5, 0.6) is 0 Å². The number of fused-ring (bicyclic) bond motifs is 1. The first-order valence-electron chi connectivity index (χ1n) is 5.77. The lowest BCUT2D eigenvalue weighted by atomic mass is 10.0. The zero-order valence-corrected chi connectivity index (χ0v) is 9.71. The van der Waals surface area contributed by atoms with E-state index in [-0.39, 0.29) is 0 Å². The molecule has 0 fully saturated rings. The minimum atomic E-state index is 0.696. The molecule has 2 nitrogen and oxygen atoms in total. The summed E-state index contributed by atoms with van der Waals surface area (Å²) in [7, 11) is 0. The van der Waals surface area contributed by atoms with Gasteiger partial charge in [0.2, 0.25) is 0 Å². The Labute approximate surface area is 105 Å². The second-order valence-electron chi connectivity index (χ2n) is 4.15. The van der Waals surface area contributed by atoms with Crippen LogP contribution < -0.4 is 0 Å². The predicted octanol–water partition coefficient (Wildman–Crippen LogP) is 3.71. The summed E-state index contributed by atoms with van der Waals surface area (Å²) in [6.45, 7) is 0. The summed E-state index contributed by atoms with van der Waals surface area (Å²) in [5.74, 6) is 0. The summed E-state index contributed by atoms with van der Waals surface area (Å²) < 4.78 is 0. The van der Waals surface area contributed by atoms with Crippen LogP contribution >= 0.6 is 0 Å². The number of hydrogen-bond donors (Lipinski definition) is 0. The molecule has 1 heterocycles. The van der Waals surface area contributed by atoms with Crippen molar-refractivity contribution in [1.82, 2.24) is 4.98 Å². The fourth-order valence-electron chi connectivity index (χ4n) is 2.01. The Kier molecular flexibility index (Phi) is 2.61.